The predicted molar refractivity (Wildman–Crippen MR) is 168 cm³/mol. The Bertz CT molecular complexity index is 1230. The number of likely N-dealkylation sites (tertiary alicyclic amines) is 1. The highest BCUT2D eigenvalue weighted by Gasteiger charge is 2.34. The molecule has 0 saturated carbocycles. The van der Waals surface area contributed by atoms with Gasteiger partial charge >= 0.3 is 0 Å². The van der Waals surface area contributed by atoms with E-state index in [0.29, 0.717) is 23.5 Å². The van der Waals surface area contributed by atoms with E-state index in [1.54, 1.807) is 32.1 Å². The molecule has 1 saturated heterocycles. The van der Waals surface area contributed by atoms with Crippen molar-refractivity contribution in [1.82, 2.24) is 20.4 Å². The van der Waals surface area contributed by atoms with Crippen LogP contribution in [0.15, 0.2) is 71.7 Å². The summed E-state index contributed by atoms with van der Waals surface area (Å²) < 4.78 is 5.56. The molecule has 3 rings (SSSR count). The van der Waals surface area contributed by atoms with Crippen molar-refractivity contribution in [2.45, 2.75) is 78.4 Å². The van der Waals surface area contributed by atoms with Crippen LogP contribution in [0.2, 0.25) is 0 Å². The minimum absolute atomic E-state index is 0.0788. The highest BCUT2D eigenvalue weighted by Crippen LogP contribution is 2.24. The van der Waals surface area contributed by atoms with Gasteiger partial charge in [0.2, 0.25) is 11.8 Å². The van der Waals surface area contributed by atoms with Gasteiger partial charge in [-0.2, -0.15) is 0 Å². The van der Waals surface area contributed by atoms with Crippen molar-refractivity contribution in [2.24, 2.45) is 5.92 Å². The fourth-order valence-corrected chi connectivity index (χ4v) is 5.34. The van der Waals surface area contributed by atoms with E-state index in [-0.39, 0.29) is 42.3 Å². The molecule has 3 amide bonds. The van der Waals surface area contributed by atoms with Crippen molar-refractivity contribution in [3.05, 3.63) is 77.2 Å². The topological polar surface area (TPSA) is 91.0 Å². The molecule has 1 aliphatic carbocycles. The lowest BCUT2D eigenvalue weighted by atomic mass is 9.97. The maximum atomic E-state index is 13.4. The van der Waals surface area contributed by atoms with Crippen molar-refractivity contribution in [2.75, 3.05) is 27.2 Å². The summed E-state index contributed by atoms with van der Waals surface area (Å²) in [6.45, 7) is 10.9. The molecule has 2 unspecified atom stereocenters. The number of hydrogen-bond donors (Lipinski definition) is 2. The molecule has 0 bridgehead atoms. The summed E-state index contributed by atoms with van der Waals surface area (Å²) in [5, 5.41) is 6.03. The van der Waals surface area contributed by atoms with E-state index < -0.39 is 6.04 Å². The van der Waals surface area contributed by atoms with Gasteiger partial charge in [0.05, 0.1) is 18.8 Å². The lowest BCUT2D eigenvalue weighted by Crippen LogP contribution is -2.57. The predicted octanol–water partition coefficient (Wildman–Crippen LogP) is 4.81. The van der Waals surface area contributed by atoms with Crippen LogP contribution in [0.5, 0.6) is 0 Å². The summed E-state index contributed by atoms with van der Waals surface area (Å²) in [5.74, 6) is -0.00384. The number of carbonyl (C=O) groups excluding carboxylic acids is 3. The lowest BCUT2D eigenvalue weighted by molar-refractivity contribution is -0.138. The van der Waals surface area contributed by atoms with E-state index in [1.807, 2.05) is 56.3 Å². The summed E-state index contributed by atoms with van der Waals surface area (Å²) in [5.41, 5.74) is 3.29. The number of likely N-dealkylation sites (N-methyl/N-ethyl adjacent to an activating group) is 1. The molecule has 8 heteroatoms. The summed E-state index contributed by atoms with van der Waals surface area (Å²) in [4.78, 5) is 43.6. The van der Waals surface area contributed by atoms with Crippen molar-refractivity contribution in [1.29, 1.82) is 0 Å². The third-order valence-corrected chi connectivity index (χ3v) is 7.98. The average molecular weight is 577 g/mol. The summed E-state index contributed by atoms with van der Waals surface area (Å²) in [6.07, 6.45) is 11.0. The Balaban J connectivity index is 1.62. The van der Waals surface area contributed by atoms with Crippen molar-refractivity contribution in [3.63, 3.8) is 0 Å². The Morgan fingerprint density at radius 2 is 1.81 bits per heavy atom. The van der Waals surface area contributed by atoms with Crippen LogP contribution in [0.25, 0.3) is 5.57 Å². The first-order valence-electron chi connectivity index (χ1n) is 15.0. The maximum absolute atomic E-state index is 13.4. The fourth-order valence-electron chi connectivity index (χ4n) is 5.34. The SMILES string of the molecule is COC1=C(NC(=O)/C(C)=C/CN(C)C(=O)C(NC(=O)C2CCCCN2C(C)C)C(C)C)CC=C(c2ccccc2)C=C1. The van der Waals surface area contributed by atoms with Crippen molar-refractivity contribution < 1.29 is 19.1 Å². The van der Waals surface area contributed by atoms with E-state index in [4.69, 9.17) is 4.74 Å². The molecule has 0 aromatic heterocycles. The van der Waals surface area contributed by atoms with Crippen LogP contribution in [0, 0.1) is 5.92 Å². The third kappa shape index (κ3) is 8.68. The Morgan fingerprint density at radius 3 is 2.45 bits per heavy atom. The van der Waals surface area contributed by atoms with Gasteiger partial charge in [0, 0.05) is 31.6 Å². The Kier molecular flexibility index (Phi) is 12.2. The van der Waals surface area contributed by atoms with Crippen LogP contribution in [0.3, 0.4) is 0 Å². The zero-order chi connectivity index (χ0) is 30.8. The average Bonchev–Trinajstić information content (AvgIpc) is 3.20. The Morgan fingerprint density at radius 1 is 1.10 bits per heavy atom. The van der Waals surface area contributed by atoms with Crippen LogP contribution < -0.4 is 10.6 Å². The van der Waals surface area contributed by atoms with Gasteiger partial charge in [-0.1, -0.05) is 68.8 Å². The number of allylic oxidation sites excluding steroid dienone is 4. The van der Waals surface area contributed by atoms with E-state index >= 15 is 0 Å². The van der Waals surface area contributed by atoms with Crippen LogP contribution in [0.1, 0.15) is 65.9 Å². The van der Waals surface area contributed by atoms with Crippen LogP contribution in [-0.4, -0.2) is 72.9 Å². The second-order valence-corrected chi connectivity index (χ2v) is 11.7. The number of hydrogen-bond acceptors (Lipinski definition) is 5. The minimum atomic E-state index is -0.640. The molecule has 1 aromatic rings. The Hall–Kier alpha value is -3.65. The number of nitrogens with one attached hydrogen (secondary N) is 2. The Labute approximate surface area is 251 Å². The van der Waals surface area contributed by atoms with Crippen LogP contribution in [-0.2, 0) is 19.1 Å². The number of amides is 3. The van der Waals surface area contributed by atoms with Gasteiger partial charge in [-0.25, -0.2) is 0 Å². The summed E-state index contributed by atoms with van der Waals surface area (Å²) >= 11 is 0. The molecule has 2 atom stereocenters. The third-order valence-electron chi connectivity index (χ3n) is 7.98. The van der Waals surface area contributed by atoms with Gasteiger partial charge in [-0.15, -0.1) is 0 Å². The lowest BCUT2D eigenvalue weighted by Gasteiger charge is -2.38. The van der Waals surface area contributed by atoms with Crippen LogP contribution in [0.4, 0.5) is 0 Å². The molecule has 1 fully saturated rings. The summed E-state index contributed by atoms with van der Waals surface area (Å²) in [6, 6.07) is 9.46. The van der Waals surface area contributed by atoms with Gasteiger partial charge in [-0.05, 0) is 63.3 Å². The van der Waals surface area contributed by atoms with E-state index in [9.17, 15) is 14.4 Å². The normalized spacial score (nSPS) is 18.8. The first-order valence-corrected chi connectivity index (χ1v) is 15.0. The number of benzene rings is 1. The molecule has 228 valence electrons. The zero-order valence-corrected chi connectivity index (χ0v) is 26.3. The van der Waals surface area contributed by atoms with Gasteiger partial charge < -0.3 is 20.3 Å². The number of carbonyl (C=O) groups is 3. The number of methoxy groups -OCH3 is 1. The standard InChI is InChI=1S/C34H48N4O4/c1-23(2)31(36-33(40)29-15-11-12-21-38(29)24(3)4)34(41)37(6)22-20-25(5)32(39)35-28-18-16-27(17-19-30(28)42-7)26-13-9-8-10-14-26/h8-10,13-14,16-17,19-20,23-24,29,31H,11-12,15,18,21-22H2,1-7H3,(H,35,39)(H,36,40)/b25-20+. The first kappa shape index (κ1) is 32.9. The van der Waals surface area contributed by atoms with Gasteiger partial charge in [0.1, 0.15) is 11.8 Å². The van der Waals surface area contributed by atoms with E-state index in [2.05, 4.69) is 35.5 Å². The second kappa shape index (κ2) is 15.5. The van der Waals surface area contributed by atoms with Crippen molar-refractivity contribution in [3.8, 4) is 0 Å². The highest BCUT2D eigenvalue weighted by atomic mass is 16.5. The minimum Gasteiger partial charge on any atom is -0.495 e. The maximum Gasteiger partial charge on any atom is 0.250 e. The van der Waals surface area contributed by atoms with E-state index in [1.165, 1.54) is 0 Å². The first-order chi connectivity index (χ1) is 20.0. The molecular weight excluding hydrogens is 528 g/mol. The monoisotopic (exact) mass is 576 g/mol. The molecule has 0 radical (unpaired) electrons. The second-order valence-electron chi connectivity index (χ2n) is 11.7. The molecule has 42 heavy (non-hydrogen) atoms. The van der Waals surface area contributed by atoms with Crippen molar-refractivity contribution >= 4 is 23.3 Å². The van der Waals surface area contributed by atoms with Crippen LogP contribution >= 0.6 is 0 Å². The molecule has 1 aromatic carbocycles. The molecular formula is C34H48N4O4. The molecule has 1 heterocycles. The summed E-state index contributed by atoms with van der Waals surface area (Å²) in [7, 11) is 3.28. The number of nitrogens with zero attached hydrogens (tertiary/aromatic N) is 2. The molecule has 2 N–H and O–H groups in total. The zero-order valence-electron chi connectivity index (χ0n) is 26.3. The van der Waals surface area contributed by atoms with Gasteiger partial charge in [-0.3, -0.25) is 19.3 Å². The largest absolute Gasteiger partial charge is 0.495 e. The molecule has 0 spiro atoms. The van der Waals surface area contributed by atoms with Gasteiger partial charge in [0.15, 0.2) is 0 Å². The van der Waals surface area contributed by atoms with E-state index in [0.717, 1.165) is 36.9 Å². The highest BCUT2D eigenvalue weighted by molar-refractivity contribution is 5.94. The fraction of sp³-hybridized carbons (Fsp3) is 0.500. The smallest absolute Gasteiger partial charge is 0.250 e. The number of ether oxygens (including phenoxy) is 1. The molecule has 1 aliphatic heterocycles. The quantitative estimate of drug-likeness (QED) is 0.369. The molecule has 2 aliphatic rings. The molecule has 8 nitrogen and oxygen atoms in total. The number of piperidine rings is 1. The van der Waals surface area contributed by atoms with Gasteiger partial charge in [0.25, 0.3) is 5.91 Å². The number of rotatable bonds is 11.